The van der Waals surface area contributed by atoms with Crippen molar-refractivity contribution in [2.45, 2.75) is 64.3 Å². The lowest BCUT2D eigenvalue weighted by Gasteiger charge is -2.70. The van der Waals surface area contributed by atoms with Gasteiger partial charge in [0.2, 0.25) is 0 Å². The first kappa shape index (κ1) is 17.7. The molecule has 5 saturated carbocycles. The van der Waals surface area contributed by atoms with Gasteiger partial charge in [0.25, 0.3) is 0 Å². The van der Waals surface area contributed by atoms with E-state index in [0.717, 1.165) is 19.3 Å². The highest BCUT2D eigenvalue weighted by Gasteiger charge is 2.74. The molecule has 5 fully saturated rings. The third kappa shape index (κ3) is 1.81. The van der Waals surface area contributed by atoms with Gasteiger partial charge < -0.3 is 20.4 Å². The summed E-state index contributed by atoms with van der Waals surface area (Å²) in [5.74, 6) is -0.787. The predicted octanol–water partition coefficient (Wildman–Crippen LogP) is 1.04. The fourth-order valence-electron chi connectivity index (χ4n) is 7.38. The van der Waals surface area contributed by atoms with Crippen LogP contribution in [0.4, 0.5) is 0 Å². The number of rotatable bonds is 1. The summed E-state index contributed by atoms with van der Waals surface area (Å²) in [5, 5.41) is 42.6. The summed E-state index contributed by atoms with van der Waals surface area (Å²) < 4.78 is 0. The summed E-state index contributed by atoms with van der Waals surface area (Å²) in [5.41, 5.74) is -1.51. The van der Waals surface area contributed by atoms with Crippen molar-refractivity contribution in [3.63, 3.8) is 0 Å². The number of aliphatic hydroxyl groups is 4. The number of fused-ring (bicyclic) bond motifs is 3. The molecular formula is C20H30O5. The first-order chi connectivity index (χ1) is 11.6. The van der Waals surface area contributed by atoms with Crippen molar-refractivity contribution in [3.8, 4) is 0 Å². The molecule has 5 heteroatoms. The van der Waals surface area contributed by atoms with E-state index >= 15 is 0 Å². The van der Waals surface area contributed by atoms with E-state index in [1.807, 2.05) is 0 Å². The lowest BCUT2D eigenvalue weighted by atomic mass is 9.35. The highest BCUT2D eigenvalue weighted by atomic mass is 16.3. The first-order valence-corrected chi connectivity index (χ1v) is 9.53. The molecule has 1 spiro atoms. The highest BCUT2D eigenvalue weighted by molar-refractivity contribution is 6.03. The number of ketones is 1. The Labute approximate surface area is 148 Å². The van der Waals surface area contributed by atoms with Crippen molar-refractivity contribution in [1.82, 2.24) is 0 Å². The van der Waals surface area contributed by atoms with Crippen molar-refractivity contribution >= 4 is 5.78 Å². The Bertz CT molecular complexity index is 632. The zero-order valence-corrected chi connectivity index (χ0v) is 15.1. The molecule has 4 N–H and O–H groups in total. The fraction of sp³-hybridized carbons (Fsp3) is 0.850. The van der Waals surface area contributed by atoms with E-state index in [4.69, 9.17) is 0 Å². The van der Waals surface area contributed by atoms with Crippen LogP contribution in [0.15, 0.2) is 12.2 Å². The maximum atomic E-state index is 13.2. The summed E-state index contributed by atoms with van der Waals surface area (Å²) in [6.45, 7) is 8.19. The Morgan fingerprint density at radius 3 is 2.44 bits per heavy atom. The molecule has 0 amide bonds. The van der Waals surface area contributed by atoms with E-state index in [1.54, 1.807) is 0 Å². The van der Waals surface area contributed by atoms with Crippen molar-refractivity contribution in [2.75, 3.05) is 6.61 Å². The van der Waals surface area contributed by atoms with Crippen LogP contribution in [0.25, 0.3) is 0 Å². The van der Waals surface area contributed by atoms with Gasteiger partial charge in [-0.05, 0) is 53.9 Å². The molecule has 5 rings (SSSR count). The van der Waals surface area contributed by atoms with Crippen molar-refractivity contribution < 1.29 is 25.2 Å². The topological polar surface area (TPSA) is 98.0 Å². The molecule has 25 heavy (non-hydrogen) atoms. The molecule has 0 saturated heterocycles. The van der Waals surface area contributed by atoms with Gasteiger partial charge in [0.05, 0.1) is 23.7 Å². The maximum absolute atomic E-state index is 13.2. The minimum Gasteiger partial charge on any atom is -0.396 e. The van der Waals surface area contributed by atoms with Crippen molar-refractivity contribution in [1.29, 1.82) is 0 Å². The smallest absolute Gasteiger partial charge is 0.170 e. The molecule has 0 heterocycles. The Morgan fingerprint density at radius 2 is 1.80 bits per heavy atom. The summed E-state index contributed by atoms with van der Waals surface area (Å²) in [6, 6.07) is 0. The van der Waals surface area contributed by atoms with Crippen LogP contribution in [0.1, 0.15) is 46.0 Å². The number of carbonyl (C=O) groups is 1. The second-order valence-corrected chi connectivity index (χ2v) is 9.59. The molecular weight excluding hydrogens is 320 g/mol. The normalized spacial score (nSPS) is 58.0. The van der Waals surface area contributed by atoms with E-state index < -0.39 is 29.6 Å². The summed E-state index contributed by atoms with van der Waals surface area (Å²) >= 11 is 0. The highest BCUT2D eigenvalue weighted by Crippen LogP contribution is 2.70. The molecule has 5 aliphatic carbocycles. The number of carbonyl (C=O) groups excluding carboxylic acids is 1. The van der Waals surface area contributed by atoms with Gasteiger partial charge in [-0.15, -0.1) is 0 Å². The van der Waals surface area contributed by atoms with Gasteiger partial charge in [0.1, 0.15) is 0 Å². The lowest BCUT2D eigenvalue weighted by molar-refractivity contribution is -0.267. The molecule has 5 aliphatic rings. The van der Waals surface area contributed by atoms with Crippen LogP contribution in [-0.2, 0) is 4.79 Å². The van der Waals surface area contributed by atoms with E-state index in [9.17, 15) is 25.2 Å². The molecule has 0 aliphatic heterocycles. The van der Waals surface area contributed by atoms with E-state index in [-0.39, 0.29) is 35.1 Å². The van der Waals surface area contributed by atoms with E-state index in [2.05, 4.69) is 20.4 Å². The largest absolute Gasteiger partial charge is 0.396 e. The van der Waals surface area contributed by atoms with Gasteiger partial charge >= 0.3 is 0 Å². The Morgan fingerprint density at radius 1 is 1.12 bits per heavy atom. The minimum absolute atomic E-state index is 0.0644. The van der Waals surface area contributed by atoms with Gasteiger partial charge in [0.15, 0.2) is 5.78 Å². The average Bonchev–Trinajstić information content (AvgIpc) is 2.57. The molecule has 0 aromatic heterocycles. The quantitative estimate of drug-likeness (QED) is 0.530. The number of hydrogen-bond donors (Lipinski definition) is 4. The average molecular weight is 350 g/mol. The Balaban J connectivity index is 1.88. The maximum Gasteiger partial charge on any atom is 0.170 e. The van der Waals surface area contributed by atoms with E-state index in [1.165, 1.54) is 0 Å². The van der Waals surface area contributed by atoms with Gasteiger partial charge in [0, 0.05) is 12.5 Å². The molecule has 0 aromatic carbocycles. The zero-order valence-electron chi connectivity index (χ0n) is 15.1. The molecule has 0 radical (unpaired) electrons. The molecule has 2 bridgehead atoms. The van der Waals surface area contributed by atoms with Gasteiger partial charge in [-0.25, -0.2) is 0 Å². The summed E-state index contributed by atoms with van der Waals surface area (Å²) in [4.78, 5) is 13.2. The monoisotopic (exact) mass is 350 g/mol. The summed E-state index contributed by atoms with van der Waals surface area (Å²) in [7, 11) is 0. The van der Waals surface area contributed by atoms with Crippen molar-refractivity contribution in [2.24, 2.45) is 34.0 Å². The minimum atomic E-state index is -1.34. The third-order valence-corrected chi connectivity index (χ3v) is 8.69. The molecule has 140 valence electrons. The van der Waals surface area contributed by atoms with Crippen LogP contribution in [0.5, 0.6) is 0 Å². The molecule has 0 aromatic rings. The predicted molar refractivity (Wildman–Crippen MR) is 91.5 cm³/mol. The number of hydrogen-bond acceptors (Lipinski definition) is 5. The van der Waals surface area contributed by atoms with Crippen LogP contribution in [0.3, 0.4) is 0 Å². The fourth-order valence-corrected chi connectivity index (χ4v) is 7.38. The summed E-state index contributed by atoms with van der Waals surface area (Å²) in [6.07, 6.45) is 0.438. The standard InChI is InChI=1S/C20H30O5/c1-10-11-7-13-19(3)6-4-5-18(2,9-21)12(19)8-14(22)20(13,16(10)24)17(25)15(11)23/h11-15,17,21-23,25H,1,4-9H2,2-3H3/t11-,12+,13-,14+,15-,17+,18+,19+,20-/m0/s1. The van der Waals surface area contributed by atoms with Gasteiger partial charge in [-0.1, -0.05) is 26.8 Å². The van der Waals surface area contributed by atoms with Crippen LogP contribution < -0.4 is 0 Å². The van der Waals surface area contributed by atoms with Crippen LogP contribution in [0.2, 0.25) is 0 Å². The van der Waals surface area contributed by atoms with Crippen LogP contribution >= 0.6 is 0 Å². The Hall–Kier alpha value is -0.750. The van der Waals surface area contributed by atoms with Gasteiger partial charge in [-0.3, -0.25) is 4.79 Å². The van der Waals surface area contributed by atoms with E-state index in [0.29, 0.717) is 18.4 Å². The second kappa shape index (κ2) is 5.16. The molecule has 9 atom stereocenters. The SMILES string of the molecule is C=C1C(=O)[C@@]23[C@H](O)C[C@@H]4[C@@](C)(CO)CCC[C@@]4(C)[C@@H]2C[C@@H]1[C@H](O)[C@H]3O. The number of aliphatic hydroxyl groups excluding tert-OH is 4. The zero-order chi connectivity index (χ0) is 18.4. The van der Waals surface area contributed by atoms with Gasteiger partial charge in [-0.2, -0.15) is 0 Å². The second-order valence-electron chi connectivity index (χ2n) is 9.59. The number of Topliss-reactive ketones (excluding diaryl/α,β-unsaturated/α-hetero) is 1. The van der Waals surface area contributed by atoms with Crippen LogP contribution in [-0.4, -0.2) is 51.1 Å². The Kier molecular flexibility index (Phi) is 3.64. The first-order valence-electron chi connectivity index (χ1n) is 9.53. The van der Waals surface area contributed by atoms with Crippen LogP contribution in [0, 0.1) is 34.0 Å². The van der Waals surface area contributed by atoms with Crippen molar-refractivity contribution in [3.05, 3.63) is 12.2 Å². The lowest BCUT2D eigenvalue weighted by Crippen LogP contribution is -2.76. The molecule has 0 unspecified atom stereocenters. The molecule has 5 nitrogen and oxygen atoms in total. The third-order valence-electron chi connectivity index (χ3n) is 8.69.